The molecule has 0 radical (unpaired) electrons. The Morgan fingerprint density at radius 3 is 2.70 bits per heavy atom. The number of halogens is 1. The summed E-state index contributed by atoms with van der Waals surface area (Å²) in [6.07, 6.45) is 5.64. The summed E-state index contributed by atoms with van der Waals surface area (Å²) in [5.74, 6) is 0.304. The highest BCUT2D eigenvalue weighted by Gasteiger charge is 2.28. The standard InChI is InChI=1S/C22H21ClN6O/c1-13-20-18(9-19(15-5-6-15)26-21(20)28(2)27-13)22(30)25-17-7-3-14(4-8-17)11-29-12-16(23)10-24-29/h3-4,7-10,12,15H,5-6,11H2,1-2H3,(H,25,30). The van der Waals surface area contributed by atoms with Gasteiger partial charge in [-0.05, 0) is 43.5 Å². The summed E-state index contributed by atoms with van der Waals surface area (Å²) >= 11 is 5.91. The highest BCUT2D eigenvalue weighted by molar-refractivity contribution is 6.30. The molecule has 0 bridgehead atoms. The van der Waals surface area contributed by atoms with Crippen LogP contribution in [0.5, 0.6) is 0 Å². The van der Waals surface area contributed by atoms with Crippen LogP contribution in [0.1, 0.15) is 46.1 Å². The number of fused-ring (bicyclic) bond motifs is 1. The second kappa shape index (κ2) is 7.25. The predicted octanol–water partition coefficient (Wildman–Crippen LogP) is 4.30. The number of nitrogens with zero attached hydrogens (tertiary/aromatic N) is 5. The lowest BCUT2D eigenvalue weighted by atomic mass is 10.1. The van der Waals surface area contributed by atoms with Gasteiger partial charge >= 0.3 is 0 Å². The maximum Gasteiger partial charge on any atom is 0.256 e. The van der Waals surface area contributed by atoms with Crippen molar-refractivity contribution in [2.75, 3.05) is 5.32 Å². The van der Waals surface area contributed by atoms with Crippen LogP contribution in [0.15, 0.2) is 42.7 Å². The number of carbonyl (C=O) groups is 1. The Bertz CT molecular complexity index is 1250. The topological polar surface area (TPSA) is 77.6 Å². The number of aryl methyl sites for hydroxylation is 2. The molecule has 7 nitrogen and oxygen atoms in total. The third-order valence-electron chi connectivity index (χ3n) is 5.39. The van der Waals surface area contributed by atoms with Gasteiger partial charge in [-0.25, -0.2) is 4.98 Å². The summed E-state index contributed by atoms with van der Waals surface area (Å²) in [5, 5.41) is 13.1. The lowest BCUT2D eigenvalue weighted by molar-refractivity contribution is 0.102. The molecule has 0 unspecified atom stereocenters. The Morgan fingerprint density at radius 2 is 2.03 bits per heavy atom. The highest BCUT2D eigenvalue weighted by Crippen LogP contribution is 2.40. The largest absolute Gasteiger partial charge is 0.322 e. The second-order valence-electron chi connectivity index (χ2n) is 7.78. The van der Waals surface area contributed by atoms with Crippen LogP contribution in [0.2, 0.25) is 5.02 Å². The van der Waals surface area contributed by atoms with Crippen LogP contribution in [0.4, 0.5) is 5.69 Å². The van der Waals surface area contributed by atoms with Crippen molar-refractivity contribution in [3.8, 4) is 0 Å². The van der Waals surface area contributed by atoms with Gasteiger partial charge in [0.2, 0.25) is 0 Å². The van der Waals surface area contributed by atoms with Gasteiger partial charge in [-0.3, -0.25) is 14.2 Å². The highest BCUT2D eigenvalue weighted by atomic mass is 35.5. The molecule has 8 heteroatoms. The van der Waals surface area contributed by atoms with Gasteiger partial charge in [-0.2, -0.15) is 10.2 Å². The maximum absolute atomic E-state index is 13.2. The molecular weight excluding hydrogens is 400 g/mol. The van der Waals surface area contributed by atoms with Gasteiger partial charge in [0.1, 0.15) is 0 Å². The number of hydrogen-bond acceptors (Lipinski definition) is 4. The summed E-state index contributed by atoms with van der Waals surface area (Å²) in [4.78, 5) is 17.9. The zero-order valence-electron chi connectivity index (χ0n) is 16.8. The van der Waals surface area contributed by atoms with E-state index in [1.807, 2.05) is 44.3 Å². The summed E-state index contributed by atoms with van der Waals surface area (Å²) < 4.78 is 3.53. The normalized spacial score (nSPS) is 13.7. The van der Waals surface area contributed by atoms with Crippen molar-refractivity contribution in [3.63, 3.8) is 0 Å². The Morgan fingerprint density at radius 1 is 1.27 bits per heavy atom. The molecule has 4 aromatic rings. The fourth-order valence-electron chi connectivity index (χ4n) is 3.74. The van der Waals surface area contributed by atoms with E-state index in [4.69, 9.17) is 16.6 Å². The van der Waals surface area contributed by atoms with E-state index in [0.29, 0.717) is 23.0 Å². The number of nitrogens with one attached hydrogen (secondary N) is 1. The van der Waals surface area contributed by atoms with E-state index in [1.54, 1.807) is 21.8 Å². The van der Waals surface area contributed by atoms with Gasteiger partial charge < -0.3 is 5.32 Å². The number of pyridine rings is 1. The average molecular weight is 421 g/mol. The monoisotopic (exact) mass is 420 g/mol. The van der Waals surface area contributed by atoms with Crippen molar-refractivity contribution in [3.05, 3.63) is 70.3 Å². The minimum absolute atomic E-state index is 0.146. The molecule has 1 amide bonds. The van der Waals surface area contributed by atoms with E-state index >= 15 is 0 Å². The number of hydrogen-bond donors (Lipinski definition) is 1. The number of anilines is 1. The molecule has 3 aromatic heterocycles. The first-order chi connectivity index (χ1) is 14.5. The Hall–Kier alpha value is -3.19. The SMILES string of the molecule is Cc1nn(C)c2nc(C3CC3)cc(C(=O)Nc3ccc(Cn4cc(Cl)cn4)cc3)c12. The van der Waals surface area contributed by atoms with Crippen molar-refractivity contribution < 1.29 is 4.79 Å². The smallest absolute Gasteiger partial charge is 0.256 e. The van der Waals surface area contributed by atoms with E-state index in [0.717, 1.165) is 46.5 Å². The molecule has 0 aliphatic heterocycles. The van der Waals surface area contributed by atoms with E-state index < -0.39 is 0 Å². The third kappa shape index (κ3) is 3.57. The first-order valence-electron chi connectivity index (χ1n) is 9.90. The average Bonchev–Trinajstić information content (AvgIpc) is 3.44. The molecule has 30 heavy (non-hydrogen) atoms. The lowest BCUT2D eigenvalue weighted by Gasteiger charge is -2.10. The number of rotatable bonds is 5. The van der Waals surface area contributed by atoms with Gasteiger partial charge in [0.15, 0.2) is 5.65 Å². The minimum Gasteiger partial charge on any atom is -0.322 e. The lowest BCUT2D eigenvalue weighted by Crippen LogP contribution is -2.14. The van der Waals surface area contributed by atoms with E-state index in [-0.39, 0.29) is 5.91 Å². The summed E-state index contributed by atoms with van der Waals surface area (Å²) in [6.45, 7) is 2.53. The number of carbonyl (C=O) groups excluding carboxylic acids is 1. The molecule has 1 fully saturated rings. The van der Waals surface area contributed by atoms with Crippen LogP contribution in [0.3, 0.4) is 0 Å². The minimum atomic E-state index is -0.146. The first kappa shape index (κ1) is 18.8. The van der Waals surface area contributed by atoms with Gasteiger partial charge in [0, 0.05) is 30.5 Å². The zero-order valence-corrected chi connectivity index (χ0v) is 17.5. The molecule has 5 rings (SSSR count). The summed E-state index contributed by atoms with van der Waals surface area (Å²) in [7, 11) is 1.87. The fourth-order valence-corrected chi connectivity index (χ4v) is 3.89. The van der Waals surface area contributed by atoms with E-state index in [2.05, 4.69) is 15.5 Å². The van der Waals surface area contributed by atoms with Crippen LogP contribution in [0, 0.1) is 6.92 Å². The molecule has 3 heterocycles. The molecule has 1 aromatic carbocycles. The zero-order chi connectivity index (χ0) is 20.8. The first-order valence-corrected chi connectivity index (χ1v) is 10.3. The predicted molar refractivity (Wildman–Crippen MR) is 116 cm³/mol. The number of amides is 1. The molecular formula is C22H21ClN6O. The maximum atomic E-state index is 13.2. The van der Waals surface area contributed by atoms with Crippen molar-refractivity contribution in [2.45, 2.75) is 32.2 Å². The number of aromatic nitrogens is 5. The molecule has 1 N–H and O–H groups in total. The van der Waals surface area contributed by atoms with Crippen LogP contribution < -0.4 is 5.32 Å². The Kier molecular flexibility index (Phi) is 4.55. The van der Waals surface area contributed by atoms with Crippen LogP contribution in [-0.4, -0.2) is 30.5 Å². The molecule has 1 saturated carbocycles. The van der Waals surface area contributed by atoms with E-state index in [1.165, 1.54) is 0 Å². The summed E-state index contributed by atoms with van der Waals surface area (Å²) in [5.41, 5.74) is 4.97. The second-order valence-corrected chi connectivity index (χ2v) is 8.22. The van der Waals surface area contributed by atoms with Crippen molar-refractivity contribution in [2.24, 2.45) is 7.05 Å². The van der Waals surface area contributed by atoms with Gasteiger partial charge in [0.25, 0.3) is 5.91 Å². The quantitative estimate of drug-likeness (QED) is 0.522. The summed E-state index contributed by atoms with van der Waals surface area (Å²) in [6, 6.07) is 9.67. The molecule has 1 aliphatic rings. The molecule has 152 valence electrons. The van der Waals surface area contributed by atoms with Crippen molar-refractivity contribution >= 4 is 34.2 Å². The van der Waals surface area contributed by atoms with Crippen molar-refractivity contribution in [1.29, 1.82) is 0 Å². The van der Waals surface area contributed by atoms with Crippen LogP contribution in [-0.2, 0) is 13.6 Å². The third-order valence-corrected chi connectivity index (χ3v) is 5.58. The fraction of sp³-hybridized carbons (Fsp3) is 0.273. The Balaban J connectivity index is 1.40. The molecule has 0 atom stereocenters. The van der Waals surface area contributed by atoms with E-state index in [9.17, 15) is 4.79 Å². The van der Waals surface area contributed by atoms with Crippen molar-refractivity contribution in [1.82, 2.24) is 24.5 Å². The molecule has 1 aliphatic carbocycles. The molecule has 0 spiro atoms. The molecule has 0 saturated heterocycles. The van der Waals surface area contributed by atoms with Crippen LogP contribution >= 0.6 is 11.6 Å². The van der Waals surface area contributed by atoms with Gasteiger partial charge in [-0.15, -0.1) is 0 Å². The van der Waals surface area contributed by atoms with Gasteiger partial charge in [-0.1, -0.05) is 23.7 Å². The Labute approximate surface area is 178 Å². The number of benzene rings is 1. The van der Waals surface area contributed by atoms with Crippen LogP contribution in [0.25, 0.3) is 11.0 Å². The van der Waals surface area contributed by atoms with Gasteiger partial charge in [0.05, 0.1) is 34.4 Å².